The van der Waals surface area contributed by atoms with Crippen LogP contribution >= 0.6 is 11.6 Å². The number of aromatic nitrogens is 4. The van der Waals surface area contributed by atoms with Crippen LogP contribution in [0.4, 0.5) is 22.0 Å². The van der Waals surface area contributed by atoms with Crippen LogP contribution in [0.3, 0.4) is 0 Å². The molecule has 2 aliphatic heterocycles. The molecule has 3 aromatic rings. The van der Waals surface area contributed by atoms with Gasteiger partial charge < -0.3 is 25.2 Å². The molecule has 3 aromatic heterocycles. The lowest BCUT2D eigenvalue weighted by atomic mass is 10.1. The third-order valence-corrected chi connectivity index (χ3v) is 6.14. The van der Waals surface area contributed by atoms with E-state index in [4.69, 9.17) is 26.4 Å². The number of carbonyl (C=O) groups is 1. The Morgan fingerprint density at radius 2 is 2.26 bits per heavy atom. The van der Waals surface area contributed by atoms with Gasteiger partial charge in [-0.15, -0.1) is 0 Å². The number of aryl methyl sites for hydroxylation is 1. The van der Waals surface area contributed by atoms with Crippen molar-refractivity contribution in [1.29, 1.82) is 0 Å². The normalized spacial score (nSPS) is 17.5. The maximum Gasteiger partial charge on any atom is 0.327 e. The SMILES string of the molecule is Cn1cc(-c2nc3c(cc2Cl)N2CC[C@@H](C2)N3C(=O)Nc2ccnc(OCC(O)CO)c2)cn1. The second-order valence-electron chi connectivity index (χ2n) is 8.28. The van der Waals surface area contributed by atoms with E-state index < -0.39 is 12.7 Å². The molecule has 0 radical (unpaired) electrons. The molecular formula is C22H24ClN7O4. The summed E-state index contributed by atoms with van der Waals surface area (Å²) >= 11 is 6.58. The first kappa shape index (κ1) is 22.4. The number of ether oxygens (including phenoxy) is 1. The number of halogens is 1. The summed E-state index contributed by atoms with van der Waals surface area (Å²) in [4.78, 5) is 26.2. The summed E-state index contributed by atoms with van der Waals surface area (Å²) in [5.74, 6) is 0.770. The van der Waals surface area contributed by atoms with Crippen molar-refractivity contribution in [3.8, 4) is 17.1 Å². The molecule has 5 rings (SSSR count). The van der Waals surface area contributed by atoms with Gasteiger partial charge in [0.1, 0.15) is 12.7 Å². The van der Waals surface area contributed by atoms with E-state index in [-0.39, 0.29) is 24.6 Å². The summed E-state index contributed by atoms with van der Waals surface area (Å²) in [7, 11) is 1.82. The molecule has 11 nitrogen and oxygen atoms in total. The van der Waals surface area contributed by atoms with Crippen molar-refractivity contribution in [2.24, 2.45) is 7.05 Å². The quantitative estimate of drug-likeness (QED) is 0.483. The lowest BCUT2D eigenvalue weighted by Gasteiger charge is -2.36. The number of anilines is 3. The summed E-state index contributed by atoms with van der Waals surface area (Å²) in [5, 5.41) is 26.0. The number of fused-ring (bicyclic) bond motifs is 4. The van der Waals surface area contributed by atoms with Crippen molar-refractivity contribution in [3.63, 3.8) is 0 Å². The zero-order valence-electron chi connectivity index (χ0n) is 18.4. The van der Waals surface area contributed by atoms with Gasteiger partial charge in [0.15, 0.2) is 5.82 Å². The van der Waals surface area contributed by atoms with Gasteiger partial charge in [0.25, 0.3) is 0 Å². The number of nitrogens with zero attached hydrogens (tertiary/aromatic N) is 6. The van der Waals surface area contributed by atoms with Crippen LogP contribution in [0.15, 0.2) is 36.8 Å². The molecule has 1 unspecified atom stereocenters. The molecule has 1 fully saturated rings. The highest BCUT2D eigenvalue weighted by Gasteiger charge is 2.41. The molecule has 178 valence electrons. The van der Waals surface area contributed by atoms with Crippen molar-refractivity contribution in [2.75, 3.05) is 41.4 Å². The Morgan fingerprint density at radius 3 is 3.03 bits per heavy atom. The molecule has 34 heavy (non-hydrogen) atoms. The lowest BCUT2D eigenvalue weighted by molar-refractivity contribution is 0.0521. The topological polar surface area (TPSA) is 129 Å². The average molecular weight is 486 g/mol. The van der Waals surface area contributed by atoms with Crippen LogP contribution < -0.4 is 19.9 Å². The first-order chi connectivity index (χ1) is 16.4. The molecule has 3 N–H and O–H groups in total. The van der Waals surface area contributed by atoms with Crippen LogP contribution in [0.5, 0.6) is 5.88 Å². The summed E-state index contributed by atoms with van der Waals surface area (Å²) in [6.45, 7) is 0.988. The number of hydrogen-bond donors (Lipinski definition) is 3. The third-order valence-electron chi connectivity index (χ3n) is 5.85. The van der Waals surface area contributed by atoms with Gasteiger partial charge in [-0.1, -0.05) is 11.6 Å². The molecule has 12 heteroatoms. The molecule has 5 heterocycles. The third kappa shape index (κ3) is 4.25. The van der Waals surface area contributed by atoms with Gasteiger partial charge in [-0.25, -0.2) is 14.8 Å². The van der Waals surface area contributed by atoms with Crippen molar-refractivity contribution >= 4 is 34.8 Å². The van der Waals surface area contributed by atoms with E-state index >= 15 is 0 Å². The molecule has 2 atom stereocenters. The van der Waals surface area contributed by atoms with Gasteiger partial charge in [0.2, 0.25) is 5.88 Å². The predicted molar refractivity (Wildman–Crippen MR) is 126 cm³/mol. The lowest BCUT2D eigenvalue weighted by Crippen LogP contribution is -2.48. The standard InChI is InChI=1S/C22H24ClN7O4/c1-28-9-13(8-25-28)20-17(23)7-18-21(27-20)30(15-3-5-29(18)10-15)22(33)26-14-2-4-24-19(6-14)34-12-16(32)11-31/h2,4,6-9,15-16,31-32H,3,5,10-12H2,1H3,(H,24,26,33)/t15-,16?/m0/s1. The minimum absolute atomic E-state index is 0.0276. The molecule has 2 bridgehead atoms. The smallest absolute Gasteiger partial charge is 0.327 e. The highest BCUT2D eigenvalue weighted by atomic mass is 35.5. The number of hydrogen-bond acceptors (Lipinski definition) is 8. The van der Waals surface area contributed by atoms with E-state index in [0.29, 0.717) is 28.8 Å². The van der Waals surface area contributed by atoms with Crippen LogP contribution in [0.2, 0.25) is 5.02 Å². The van der Waals surface area contributed by atoms with Crippen molar-refractivity contribution in [1.82, 2.24) is 19.7 Å². The molecule has 0 aromatic carbocycles. The Labute approximate surface area is 200 Å². The highest BCUT2D eigenvalue weighted by molar-refractivity contribution is 6.33. The number of aliphatic hydroxyl groups excluding tert-OH is 2. The van der Waals surface area contributed by atoms with E-state index in [2.05, 4.69) is 20.3 Å². The monoisotopic (exact) mass is 485 g/mol. The van der Waals surface area contributed by atoms with Gasteiger partial charge in [0.05, 0.1) is 35.2 Å². The largest absolute Gasteiger partial charge is 0.475 e. The van der Waals surface area contributed by atoms with Crippen LogP contribution in [-0.4, -0.2) is 74.4 Å². The molecule has 1 saturated heterocycles. The second kappa shape index (κ2) is 9.09. The van der Waals surface area contributed by atoms with Gasteiger partial charge >= 0.3 is 6.03 Å². The minimum atomic E-state index is -1.01. The summed E-state index contributed by atoms with van der Waals surface area (Å²) in [5.41, 5.74) is 2.63. The molecular weight excluding hydrogens is 462 g/mol. The number of aliphatic hydroxyl groups is 2. The number of pyridine rings is 2. The average Bonchev–Trinajstić information content (AvgIpc) is 3.45. The zero-order chi connectivity index (χ0) is 23.8. The zero-order valence-corrected chi connectivity index (χ0v) is 19.2. The number of carbonyl (C=O) groups excluding carboxylic acids is 1. The van der Waals surface area contributed by atoms with E-state index in [1.807, 2.05) is 19.3 Å². The maximum atomic E-state index is 13.5. The molecule has 0 aliphatic carbocycles. The van der Waals surface area contributed by atoms with E-state index in [1.165, 1.54) is 6.20 Å². The van der Waals surface area contributed by atoms with Gasteiger partial charge in [0, 0.05) is 49.8 Å². The molecule has 0 saturated carbocycles. The van der Waals surface area contributed by atoms with Crippen LogP contribution in [0.25, 0.3) is 11.3 Å². The minimum Gasteiger partial charge on any atom is -0.475 e. The fraction of sp³-hybridized carbons (Fsp3) is 0.364. The number of nitrogens with one attached hydrogen (secondary N) is 1. The summed E-state index contributed by atoms with van der Waals surface area (Å²) in [6, 6.07) is 4.71. The fourth-order valence-electron chi connectivity index (χ4n) is 4.22. The Balaban J connectivity index is 1.43. The predicted octanol–water partition coefficient (Wildman–Crippen LogP) is 1.89. The molecule has 2 amide bonds. The van der Waals surface area contributed by atoms with Gasteiger partial charge in [-0.3, -0.25) is 9.58 Å². The van der Waals surface area contributed by atoms with Gasteiger partial charge in [-0.05, 0) is 18.6 Å². The number of rotatable bonds is 6. The van der Waals surface area contributed by atoms with Gasteiger partial charge in [-0.2, -0.15) is 5.10 Å². The van der Waals surface area contributed by atoms with Crippen molar-refractivity contribution in [2.45, 2.75) is 18.6 Å². The summed E-state index contributed by atoms with van der Waals surface area (Å²) < 4.78 is 7.06. The van der Waals surface area contributed by atoms with Crippen LogP contribution in [-0.2, 0) is 7.05 Å². The first-order valence-corrected chi connectivity index (χ1v) is 11.2. The Hall–Kier alpha value is -3.41. The maximum absolute atomic E-state index is 13.5. The van der Waals surface area contributed by atoms with Crippen LogP contribution in [0, 0.1) is 0 Å². The highest BCUT2D eigenvalue weighted by Crippen LogP contribution is 2.43. The Bertz CT molecular complexity index is 1220. The fourth-order valence-corrected chi connectivity index (χ4v) is 4.47. The van der Waals surface area contributed by atoms with Crippen LogP contribution in [0.1, 0.15) is 6.42 Å². The molecule has 0 spiro atoms. The Morgan fingerprint density at radius 1 is 1.41 bits per heavy atom. The number of urea groups is 1. The Kier molecular flexibility index (Phi) is 5.98. The molecule has 2 aliphatic rings. The first-order valence-electron chi connectivity index (χ1n) is 10.9. The summed E-state index contributed by atoms with van der Waals surface area (Å²) in [6.07, 6.45) is 4.82. The van der Waals surface area contributed by atoms with E-state index in [0.717, 1.165) is 24.2 Å². The van der Waals surface area contributed by atoms with Crippen molar-refractivity contribution < 1.29 is 19.7 Å². The van der Waals surface area contributed by atoms with E-state index in [9.17, 15) is 9.90 Å². The second-order valence-corrected chi connectivity index (χ2v) is 8.69. The van der Waals surface area contributed by atoms with E-state index in [1.54, 1.807) is 27.9 Å². The van der Waals surface area contributed by atoms with Crippen molar-refractivity contribution in [3.05, 3.63) is 41.8 Å². The number of amides is 2.